The van der Waals surface area contributed by atoms with Gasteiger partial charge in [-0.25, -0.2) is 18.9 Å². The van der Waals surface area contributed by atoms with Gasteiger partial charge in [-0.2, -0.15) is 5.10 Å². The summed E-state index contributed by atoms with van der Waals surface area (Å²) in [5.74, 6) is -0.697. The number of thiazole rings is 1. The quantitative estimate of drug-likeness (QED) is 0.364. The number of amides is 1. The van der Waals surface area contributed by atoms with Crippen LogP contribution in [-0.4, -0.2) is 20.7 Å². The molecule has 1 amide bonds. The summed E-state index contributed by atoms with van der Waals surface area (Å²) in [6.07, 6.45) is 2.38. The number of rotatable bonds is 6. The zero-order valence-electron chi connectivity index (χ0n) is 17.0. The standard InChI is InChI=1S/C23H17ClFN5OS/c1-3-19-22(32-13-28-19)23(31)27-12-15-4-6-16(11-18(15)25)30-9-8-20(29-30)14-5-7-21(26-2)17(24)10-14/h4-11,13H,3,12H2,1H3,(H,27,31). The lowest BCUT2D eigenvalue weighted by Gasteiger charge is -2.08. The minimum atomic E-state index is -0.440. The lowest BCUT2D eigenvalue weighted by molar-refractivity contribution is 0.0953. The van der Waals surface area contributed by atoms with Crippen LogP contribution in [0.5, 0.6) is 0 Å². The Morgan fingerprint density at radius 3 is 2.84 bits per heavy atom. The van der Waals surface area contributed by atoms with E-state index in [-0.39, 0.29) is 12.5 Å². The monoisotopic (exact) mass is 465 g/mol. The third kappa shape index (κ3) is 4.40. The van der Waals surface area contributed by atoms with Crippen molar-refractivity contribution < 1.29 is 9.18 Å². The fraction of sp³-hybridized carbons (Fsp3) is 0.130. The molecule has 2 aromatic carbocycles. The lowest BCUT2D eigenvalue weighted by Crippen LogP contribution is -2.23. The highest BCUT2D eigenvalue weighted by molar-refractivity contribution is 7.11. The SMILES string of the molecule is [C-]#[N+]c1ccc(-c2ccn(-c3ccc(CNC(=O)c4scnc4CC)c(F)c3)n2)cc1Cl. The molecule has 0 saturated heterocycles. The number of hydrogen-bond acceptors (Lipinski definition) is 4. The van der Waals surface area contributed by atoms with Gasteiger partial charge in [-0.1, -0.05) is 36.7 Å². The summed E-state index contributed by atoms with van der Waals surface area (Å²) in [7, 11) is 0. The van der Waals surface area contributed by atoms with Crippen molar-refractivity contribution in [2.45, 2.75) is 19.9 Å². The number of aromatic nitrogens is 3. The van der Waals surface area contributed by atoms with Gasteiger partial charge in [-0.05, 0) is 30.7 Å². The Hall–Kier alpha value is -3.54. The van der Waals surface area contributed by atoms with Crippen molar-refractivity contribution in [3.63, 3.8) is 0 Å². The molecule has 0 spiro atoms. The van der Waals surface area contributed by atoms with Crippen LogP contribution in [0.25, 0.3) is 21.8 Å². The highest BCUT2D eigenvalue weighted by Crippen LogP contribution is 2.30. The first-order chi connectivity index (χ1) is 15.5. The van der Waals surface area contributed by atoms with E-state index in [1.807, 2.05) is 6.92 Å². The highest BCUT2D eigenvalue weighted by atomic mass is 35.5. The van der Waals surface area contributed by atoms with Crippen LogP contribution in [0, 0.1) is 12.4 Å². The first-order valence-corrected chi connectivity index (χ1v) is 11.0. The number of aryl methyl sites for hydroxylation is 1. The molecule has 0 fully saturated rings. The number of carbonyl (C=O) groups excluding carboxylic acids is 1. The summed E-state index contributed by atoms with van der Waals surface area (Å²) >= 11 is 7.39. The van der Waals surface area contributed by atoms with Crippen LogP contribution in [0.2, 0.25) is 5.02 Å². The van der Waals surface area contributed by atoms with Gasteiger partial charge in [0.1, 0.15) is 10.7 Å². The van der Waals surface area contributed by atoms with Gasteiger partial charge in [0.2, 0.25) is 5.69 Å². The van der Waals surface area contributed by atoms with Gasteiger partial charge in [0.05, 0.1) is 29.2 Å². The highest BCUT2D eigenvalue weighted by Gasteiger charge is 2.14. The number of carbonyl (C=O) groups is 1. The summed E-state index contributed by atoms with van der Waals surface area (Å²) in [5.41, 5.74) is 5.08. The van der Waals surface area contributed by atoms with E-state index in [9.17, 15) is 9.18 Å². The van der Waals surface area contributed by atoms with E-state index < -0.39 is 5.82 Å². The van der Waals surface area contributed by atoms with E-state index in [0.717, 1.165) is 11.3 Å². The first-order valence-electron chi connectivity index (χ1n) is 9.72. The van der Waals surface area contributed by atoms with Gasteiger partial charge < -0.3 is 5.32 Å². The number of hydrogen-bond donors (Lipinski definition) is 1. The average molecular weight is 466 g/mol. The number of benzene rings is 2. The topological polar surface area (TPSA) is 64.2 Å². The molecule has 0 aliphatic heterocycles. The van der Waals surface area contributed by atoms with Crippen molar-refractivity contribution in [3.8, 4) is 16.9 Å². The predicted octanol–water partition coefficient (Wildman–Crippen LogP) is 5.83. The summed E-state index contributed by atoms with van der Waals surface area (Å²) < 4.78 is 16.3. The third-order valence-corrected chi connectivity index (χ3v) is 6.05. The molecule has 9 heteroatoms. The van der Waals surface area contributed by atoms with Gasteiger partial charge in [0.15, 0.2) is 0 Å². The van der Waals surface area contributed by atoms with Crippen LogP contribution in [0.4, 0.5) is 10.1 Å². The molecule has 4 rings (SSSR count). The smallest absolute Gasteiger partial charge is 0.263 e. The molecular weight excluding hydrogens is 449 g/mol. The minimum Gasteiger partial charge on any atom is -0.347 e. The maximum Gasteiger partial charge on any atom is 0.263 e. The molecule has 0 atom stereocenters. The molecule has 0 radical (unpaired) electrons. The molecular formula is C23H17ClFN5OS. The summed E-state index contributed by atoms with van der Waals surface area (Å²) in [6, 6.07) is 11.6. The fourth-order valence-electron chi connectivity index (χ4n) is 3.16. The Balaban J connectivity index is 1.48. The van der Waals surface area contributed by atoms with E-state index in [1.54, 1.807) is 52.8 Å². The summed E-state index contributed by atoms with van der Waals surface area (Å²) in [5, 5.41) is 7.59. The lowest BCUT2D eigenvalue weighted by atomic mass is 10.1. The minimum absolute atomic E-state index is 0.0717. The Bertz CT molecular complexity index is 1340. The Kier molecular flexibility index (Phi) is 6.30. The van der Waals surface area contributed by atoms with Crippen molar-refractivity contribution >= 4 is 34.5 Å². The second-order valence-corrected chi connectivity index (χ2v) is 8.13. The van der Waals surface area contributed by atoms with Crippen LogP contribution in [0.15, 0.2) is 54.2 Å². The maximum atomic E-state index is 14.7. The van der Waals surface area contributed by atoms with E-state index in [0.29, 0.717) is 39.0 Å². The first kappa shape index (κ1) is 21.7. The van der Waals surface area contributed by atoms with Gasteiger partial charge in [-0.3, -0.25) is 4.79 Å². The molecule has 0 aliphatic rings. The van der Waals surface area contributed by atoms with Crippen LogP contribution >= 0.6 is 22.9 Å². The number of nitrogens with one attached hydrogen (secondary N) is 1. The zero-order valence-corrected chi connectivity index (χ0v) is 18.5. The zero-order chi connectivity index (χ0) is 22.7. The molecule has 0 aliphatic carbocycles. The van der Waals surface area contributed by atoms with Gasteiger partial charge >= 0.3 is 0 Å². The van der Waals surface area contributed by atoms with Crippen molar-refractivity contribution in [1.82, 2.24) is 20.1 Å². The predicted molar refractivity (Wildman–Crippen MR) is 123 cm³/mol. The molecule has 1 N–H and O–H groups in total. The molecule has 4 aromatic rings. The normalized spacial score (nSPS) is 10.7. The van der Waals surface area contributed by atoms with E-state index >= 15 is 0 Å². The average Bonchev–Trinajstić information content (AvgIpc) is 3.48. The van der Waals surface area contributed by atoms with Crippen LogP contribution < -0.4 is 5.32 Å². The fourth-order valence-corrected chi connectivity index (χ4v) is 4.18. The largest absolute Gasteiger partial charge is 0.347 e. The Labute approximate surface area is 193 Å². The Morgan fingerprint density at radius 2 is 2.12 bits per heavy atom. The molecule has 0 saturated carbocycles. The van der Waals surface area contributed by atoms with Crippen LogP contribution in [-0.2, 0) is 13.0 Å². The van der Waals surface area contributed by atoms with Crippen LogP contribution in [0.1, 0.15) is 27.9 Å². The summed E-state index contributed by atoms with van der Waals surface area (Å²) in [6.45, 7) is 9.09. The molecule has 2 aromatic heterocycles. The van der Waals surface area contributed by atoms with Crippen molar-refractivity contribution in [1.29, 1.82) is 0 Å². The van der Waals surface area contributed by atoms with Gasteiger partial charge in [0.25, 0.3) is 5.91 Å². The number of halogens is 2. The van der Waals surface area contributed by atoms with E-state index in [1.165, 1.54) is 17.4 Å². The van der Waals surface area contributed by atoms with Crippen molar-refractivity contribution in [2.24, 2.45) is 0 Å². The molecule has 2 heterocycles. The number of nitrogens with zero attached hydrogens (tertiary/aromatic N) is 4. The van der Waals surface area contributed by atoms with Gasteiger partial charge in [0, 0.05) is 28.9 Å². The molecule has 160 valence electrons. The molecule has 32 heavy (non-hydrogen) atoms. The molecule has 6 nitrogen and oxygen atoms in total. The van der Waals surface area contributed by atoms with Crippen LogP contribution in [0.3, 0.4) is 0 Å². The second-order valence-electron chi connectivity index (χ2n) is 6.86. The van der Waals surface area contributed by atoms with E-state index in [2.05, 4.69) is 20.2 Å². The second kappa shape index (κ2) is 9.30. The molecule has 0 bridgehead atoms. The van der Waals surface area contributed by atoms with Crippen molar-refractivity contribution in [2.75, 3.05) is 0 Å². The maximum absolute atomic E-state index is 14.7. The molecule has 0 unspecified atom stereocenters. The Morgan fingerprint density at radius 1 is 1.28 bits per heavy atom. The van der Waals surface area contributed by atoms with E-state index in [4.69, 9.17) is 18.2 Å². The summed E-state index contributed by atoms with van der Waals surface area (Å²) in [4.78, 5) is 20.4. The third-order valence-electron chi connectivity index (χ3n) is 4.88. The van der Waals surface area contributed by atoms with Crippen molar-refractivity contribution in [3.05, 3.63) is 92.6 Å². The van der Waals surface area contributed by atoms with Gasteiger partial charge in [-0.15, -0.1) is 11.3 Å².